The number of fused-ring (bicyclic) bond motifs is 1. The molecule has 130 valence electrons. The molecular weight excluding hydrogens is 414 g/mol. The van der Waals surface area contributed by atoms with Crippen molar-refractivity contribution < 1.29 is 4.74 Å². The summed E-state index contributed by atoms with van der Waals surface area (Å²) in [7, 11) is 0. The van der Waals surface area contributed by atoms with Crippen LogP contribution in [0.1, 0.15) is 6.42 Å². The first kappa shape index (κ1) is 17.1. The van der Waals surface area contributed by atoms with Gasteiger partial charge in [0.25, 0.3) is 0 Å². The van der Waals surface area contributed by atoms with Gasteiger partial charge in [0.2, 0.25) is 11.6 Å². The van der Waals surface area contributed by atoms with Gasteiger partial charge in [-0.1, -0.05) is 27.5 Å². The molecule has 0 amide bonds. The standard InChI is InChI=1S/C20H15BrClN3O/c1-23-18-11-14(21)3-6-19(18)25-9-8-16(12-25)26-20-7-2-13-10-15(22)4-5-17(13)24-20/h2-7,10-11,16H,8-9,12H2/t16-/m1/s1. The lowest BCUT2D eigenvalue weighted by molar-refractivity contribution is 0.216. The van der Waals surface area contributed by atoms with Crippen LogP contribution in [0.25, 0.3) is 15.7 Å². The number of benzene rings is 2. The quantitative estimate of drug-likeness (QED) is 0.489. The minimum absolute atomic E-state index is 0.0504. The summed E-state index contributed by atoms with van der Waals surface area (Å²) < 4.78 is 7.01. The van der Waals surface area contributed by atoms with Crippen molar-refractivity contribution in [3.05, 3.63) is 69.4 Å². The van der Waals surface area contributed by atoms with Gasteiger partial charge in [-0.05, 0) is 42.5 Å². The molecule has 1 saturated heterocycles. The molecule has 6 heteroatoms. The van der Waals surface area contributed by atoms with Crippen molar-refractivity contribution in [3.63, 3.8) is 0 Å². The van der Waals surface area contributed by atoms with E-state index in [0.717, 1.165) is 40.6 Å². The molecule has 0 unspecified atom stereocenters. The zero-order chi connectivity index (χ0) is 18.1. The number of anilines is 1. The fourth-order valence-electron chi connectivity index (χ4n) is 3.21. The maximum atomic E-state index is 7.39. The van der Waals surface area contributed by atoms with Gasteiger partial charge in [-0.2, -0.15) is 0 Å². The number of aromatic nitrogens is 1. The zero-order valence-corrected chi connectivity index (χ0v) is 16.2. The Hall–Kier alpha value is -2.29. The summed E-state index contributed by atoms with van der Waals surface area (Å²) in [4.78, 5) is 10.4. The van der Waals surface area contributed by atoms with E-state index < -0.39 is 0 Å². The van der Waals surface area contributed by atoms with E-state index in [1.165, 1.54) is 0 Å². The second-order valence-electron chi connectivity index (χ2n) is 6.21. The molecule has 1 atom stereocenters. The third-order valence-electron chi connectivity index (χ3n) is 4.46. The molecule has 0 spiro atoms. The van der Waals surface area contributed by atoms with Crippen LogP contribution in [0, 0.1) is 6.57 Å². The molecule has 2 heterocycles. The molecule has 3 aromatic rings. The smallest absolute Gasteiger partial charge is 0.214 e. The van der Waals surface area contributed by atoms with Gasteiger partial charge >= 0.3 is 0 Å². The molecule has 4 nitrogen and oxygen atoms in total. The summed E-state index contributed by atoms with van der Waals surface area (Å²) >= 11 is 9.44. The van der Waals surface area contributed by atoms with Crippen LogP contribution in [0.4, 0.5) is 11.4 Å². The van der Waals surface area contributed by atoms with Gasteiger partial charge in [0.05, 0.1) is 18.6 Å². The fourth-order valence-corrected chi connectivity index (χ4v) is 3.74. The van der Waals surface area contributed by atoms with E-state index in [1.807, 2.05) is 48.5 Å². The molecule has 1 aliphatic rings. The highest BCUT2D eigenvalue weighted by Crippen LogP contribution is 2.34. The van der Waals surface area contributed by atoms with Crippen LogP contribution in [0.2, 0.25) is 5.02 Å². The van der Waals surface area contributed by atoms with Gasteiger partial charge < -0.3 is 9.64 Å². The highest BCUT2D eigenvalue weighted by molar-refractivity contribution is 9.10. The van der Waals surface area contributed by atoms with E-state index in [1.54, 1.807) is 0 Å². The average molecular weight is 429 g/mol. The Bertz CT molecular complexity index is 1020. The van der Waals surface area contributed by atoms with Crippen molar-refractivity contribution in [1.29, 1.82) is 0 Å². The average Bonchev–Trinajstić information content (AvgIpc) is 3.10. The molecular formula is C20H15BrClN3O. The molecule has 0 radical (unpaired) electrons. The number of rotatable bonds is 3. The van der Waals surface area contributed by atoms with Crippen LogP contribution < -0.4 is 9.64 Å². The maximum Gasteiger partial charge on any atom is 0.214 e. The first-order chi connectivity index (χ1) is 12.6. The molecule has 0 N–H and O–H groups in total. The predicted molar refractivity (Wildman–Crippen MR) is 108 cm³/mol. The fraction of sp³-hybridized carbons (Fsp3) is 0.200. The second kappa shape index (κ2) is 7.14. The van der Waals surface area contributed by atoms with E-state index in [2.05, 4.69) is 30.7 Å². The van der Waals surface area contributed by atoms with Gasteiger partial charge in [0, 0.05) is 39.6 Å². The summed E-state index contributed by atoms with van der Waals surface area (Å²) in [6.45, 7) is 8.99. The normalized spacial score (nSPS) is 16.7. The van der Waals surface area contributed by atoms with Crippen molar-refractivity contribution in [2.45, 2.75) is 12.5 Å². The lowest BCUT2D eigenvalue weighted by Crippen LogP contribution is -2.24. The van der Waals surface area contributed by atoms with Gasteiger partial charge in [0.15, 0.2) is 0 Å². The Labute approximate surface area is 165 Å². The predicted octanol–water partition coefficient (Wildman–Crippen LogP) is 5.86. The number of halogens is 2. The second-order valence-corrected chi connectivity index (χ2v) is 7.56. The topological polar surface area (TPSA) is 29.7 Å². The molecule has 0 saturated carbocycles. The Morgan fingerprint density at radius 2 is 2.08 bits per heavy atom. The maximum absolute atomic E-state index is 7.39. The Morgan fingerprint density at radius 3 is 2.92 bits per heavy atom. The number of hydrogen-bond acceptors (Lipinski definition) is 3. The van der Waals surface area contributed by atoms with Crippen LogP contribution in [0.3, 0.4) is 0 Å². The van der Waals surface area contributed by atoms with Crippen LogP contribution >= 0.6 is 27.5 Å². The van der Waals surface area contributed by atoms with Crippen molar-refractivity contribution in [2.24, 2.45) is 0 Å². The first-order valence-electron chi connectivity index (χ1n) is 8.27. The van der Waals surface area contributed by atoms with Crippen LogP contribution in [-0.4, -0.2) is 24.2 Å². The third kappa shape index (κ3) is 3.48. The van der Waals surface area contributed by atoms with E-state index in [4.69, 9.17) is 22.9 Å². The summed E-state index contributed by atoms with van der Waals surface area (Å²) in [5, 5.41) is 1.69. The van der Waals surface area contributed by atoms with Crippen LogP contribution in [0.5, 0.6) is 5.88 Å². The molecule has 4 rings (SSSR count). The van der Waals surface area contributed by atoms with E-state index in [9.17, 15) is 0 Å². The summed E-state index contributed by atoms with van der Waals surface area (Å²) in [6.07, 6.45) is 0.947. The van der Waals surface area contributed by atoms with E-state index in [-0.39, 0.29) is 6.10 Å². The van der Waals surface area contributed by atoms with Gasteiger partial charge in [-0.3, -0.25) is 0 Å². The molecule has 1 aliphatic heterocycles. The molecule has 2 aromatic carbocycles. The third-order valence-corrected chi connectivity index (χ3v) is 5.19. The Kier molecular flexibility index (Phi) is 4.71. The van der Waals surface area contributed by atoms with Crippen molar-refractivity contribution in [1.82, 2.24) is 4.98 Å². The SMILES string of the molecule is [C-]#[N+]c1cc(Br)ccc1N1CC[C@@H](Oc2ccc3cc(Cl)ccc3n2)C1. The highest BCUT2D eigenvalue weighted by atomic mass is 79.9. The number of nitrogens with zero attached hydrogens (tertiary/aromatic N) is 3. The molecule has 26 heavy (non-hydrogen) atoms. The van der Waals surface area contributed by atoms with Gasteiger partial charge in [-0.25, -0.2) is 9.83 Å². The van der Waals surface area contributed by atoms with Crippen LogP contribution in [0.15, 0.2) is 53.0 Å². The summed E-state index contributed by atoms with van der Waals surface area (Å²) in [5.41, 5.74) is 2.47. The Balaban J connectivity index is 1.50. The Morgan fingerprint density at radius 1 is 1.19 bits per heavy atom. The number of pyridine rings is 1. The van der Waals surface area contributed by atoms with E-state index >= 15 is 0 Å². The highest BCUT2D eigenvalue weighted by Gasteiger charge is 2.26. The van der Waals surface area contributed by atoms with Gasteiger partial charge in [-0.15, -0.1) is 0 Å². The number of ether oxygens (including phenoxy) is 1. The van der Waals surface area contributed by atoms with E-state index in [0.29, 0.717) is 16.6 Å². The van der Waals surface area contributed by atoms with Crippen molar-refractivity contribution in [3.8, 4) is 5.88 Å². The molecule has 0 aliphatic carbocycles. The summed E-state index contributed by atoms with van der Waals surface area (Å²) in [5.74, 6) is 0.618. The monoisotopic (exact) mass is 427 g/mol. The largest absolute Gasteiger partial charge is 0.472 e. The van der Waals surface area contributed by atoms with Crippen LogP contribution in [-0.2, 0) is 0 Å². The minimum Gasteiger partial charge on any atom is -0.472 e. The first-order valence-corrected chi connectivity index (χ1v) is 9.44. The lowest BCUT2D eigenvalue weighted by Gasteiger charge is -2.20. The molecule has 1 fully saturated rings. The van der Waals surface area contributed by atoms with Crippen molar-refractivity contribution in [2.75, 3.05) is 18.0 Å². The molecule has 1 aromatic heterocycles. The van der Waals surface area contributed by atoms with Crippen molar-refractivity contribution >= 4 is 49.8 Å². The van der Waals surface area contributed by atoms with Gasteiger partial charge in [0.1, 0.15) is 6.10 Å². The molecule has 0 bridgehead atoms. The number of hydrogen-bond donors (Lipinski definition) is 0. The zero-order valence-electron chi connectivity index (χ0n) is 13.8. The lowest BCUT2D eigenvalue weighted by atomic mass is 10.2. The minimum atomic E-state index is 0.0504. The summed E-state index contributed by atoms with van der Waals surface area (Å²) in [6, 6.07) is 15.3.